The Labute approximate surface area is 101 Å². The SMILES string of the molecule is CC1CCC(NC2CCN(C)C(C)C2)C1C. The maximum absolute atomic E-state index is 3.92. The summed E-state index contributed by atoms with van der Waals surface area (Å²) in [4.78, 5) is 2.49. The zero-order valence-corrected chi connectivity index (χ0v) is 11.4. The summed E-state index contributed by atoms with van der Waals surface area (Å²) in [6.45, 7) is 8.45. The highest BCUT2D eigenvalue weighted by molar-refractivity contribution is 4.90. The molecule has 0 spiro atoms. The van der Waals surface area contributed by atoms with E-state index in [1.807, 2.05) is 0 Å². The van der Waals surface area contributed by atoms with Crippen LogP contribution in [0.3, 0.4) is 0 Å². The molecule has 2 aliphatic rings. The first-order chi connectivity index (χ1) is 7.58. The van der Waals surface area contributed by atoms with E-state index in [-0.39, 0.29) is 0 Å². The van der Waals surface area contributed by atoms with Crippen molar-refractivity contribution >= 4 is 0 Å². The second kappa shape index (κ2) is 5.05. The number of rotatable bonds is 2. The van der Waals surface area contributed by atoms with Crippen LogP contribution in [0, 0.1) is 11.8 Å². The van der Waals surface area contributed by atoms with Crippen LogP contribution in [-0.4, -0.2) is 36.6 Å². The third-order valence-corrected chi connectivity index (χ3v) is 5.12. The van der Waals surface area contributed by atoms with Gasteiger partial charge in [0.05, 0.1) is 0 Å². The summed E-state index contributed by atoms with van der Waals surface area (Å²) in [6.07, 6.45) is 5.47. The van der Waals surface area contributed by atoms with Gasteiger partial charge in [0, 0.05) is 18.1 Å². The van der Waals surface area contributed by atoms with Crippen LogP contribution < -0.4 is 5.32 Å². The van der Waals surface area contributed by atoms with Crippen molar-refractivity contribution in [3.63, 3.8) is 0 Å². The van der Waals surface area contributed by atoms with E-state index >= 15 is 0 Å². The summed E-state index contributed by atoms with van der Waals surface area (Å²) < 4.78 is 0. The molecule has 94 valence electrons. The lowest BCUT2D eigenvalue weighted by Crippen LogP contribution is -2.49. The molecule has 1 aliphatic heterocycles. The molecule has 1 saturated carbocycles. The van der Waals surface area contributed by atoms with Gasteiger partial charge in [-0.3, -0.25) is 0 Å². The van der Waals surface area contributed by atoms with Crippen LogP contribution in [0.2, 0.25) is 0 Å². The minimum Gasteiger partial charge on any atom is -0.311 e. The molecule has 1 saturated heterocycles. The van der Waals surface area contributed by atoms with Crippen LogP contribution in [-0.2, 0) is 0 Å². The molecule has 0 radical (unpaired) electrons. The fraction of sp³-hybridized carbons (Fsp3) is 1.00. The van der Waals surface area contributed by atoms with Crippen molar-refractivity contribution in [2.45, 2.75) is 64.6 Å². The average molecular weight is 224 g/mol. The molecule has 0 aromatic carbocycles. The number of hydrogen-bond acceptors (Lipinski definition) is 2. The number of piperidine rings is 1. The van der Waals surface area contributed by atoms with Crippen LogP contribution in [0.5, 0.6) is 0 Å². The van der Waals surface area contributed by atoms with Gasteiger partial charge in [0.15, 0.2) is 0 Å². The van der Waals surface area contributed by atoms with Crippen molar-refractivity contribution in [1.82, 2.24) is 10.2 Å². The predicted molar refractivity (Wildman–Crippen MR) is 69.6 cm³/mol. The van der Waals surface area contributed by atoms with Gasteiger partial charge in [-0.1, -0.05) is 13.8 Å². The standard InChI is InChI=1S/C14H28N2/c1-10-5-6-14(12(10)3)15-13-7-8-16(4)11(2)9-13/h10-15H,5-9H2,1-4H3. The van der Waals surface area contributed by atoms with Crippen LogP contribution in [0.4, 0.5) is 0 Å². The Morgan fingerprint density at radius 1 is 1.06 bits per heavy atom. The van der Waals surface area contributed by atoms with Crippen molar-refractivity contribution in [2.75, 3.05) is 13.6 Å². The average Bonchev–Trinajstić information content (AvgIpc) is 2.55. The first-order valence-corrected chi connectivity index (χ1v) is 7.04. The fourth-order valence-corrected chi connectivity index (χ4v) is 3.34. The lowest BCUT2D eigenvalue weighted by atomic mass is 9.94. The third kappa shape index (κ3) is 2.60. The lowest BCUT2D eigenvalue weighted by molar-refractivity contribution is 0.157. The highest BCUT2D eigenvalue weighted by atomic mass is 15.1. The quantitative estimate of drug-likeness (QED) is 0.775. The Hall–Kier alpha value is -0.0800. The Balaban J connectivity index is 1.82. The molecule has 0 amide bonds. The van der Waals surface area contributed by atoms with E-state index in [0.29, 0.717) is 0 Å². The minimum absolute atomic E-state index is 0.750. The van der Waals surface area contributed by atoms with Gasteiger partial charge < -0.3 is 10.2 Å². The van der Waals surface area contributed by atoms with E-state index in [4.69, 9.17) is 0 Å². The van der Waals surface area contributed by atoms with Gasteiger partial charge in [-0.25, -0.2) is 0 Å². The van der Waals surface area contributed by atoms with Crippen molar-refractivity contribution < 1.29 is 0 Å². The molecule has 2 fully saturated rings. The van der Waals surface area contributed by atoms with E-state index in [1.54, 1.807) is 0 Å². The molecule has 5 unspecified atom stereocenters. The summed E-state index contributed by atoms with van der Waals surface area (Å²) in [5.41, 5.74) is 0. The Morgan fingerprint density at radius 2 is 1.81 bits per heavy atom. The highest BCUT2D eigenvalue weighted by Crippen LogP contribution is 2.32. The summed E-state index contributed by atoms with van der Waals surface area (Å²) in [7, 11) is 2.25. The minimum atomic E-state index is 0.750. The van der Waals surface area contributed by atoms with Crippen molar-refractivity contribution in [3.05, 3.63) is 0 Å². The lowest BCUT2D eigenvalue weighted by Gasteiger charge is -2.37. The second-order valence-electron chi connectivity index (χ2n) is 6.24. The summed E-state index contributed by atoms with van der Waals surface area (Å²) in [6, 6.07) is 2.31. The Bertz CT molecular complexity index is 229. The molecule has 1 heterocycles. The number of nitrogens with one attached hydrogen (secondary N) is 1. The van der Waals surface area contributed by atoms with Gasteiger partial charge in [0.25, 0.3) is 0 Å². The van der Waals surface area contributed by atoms with Gasteiger partial charge in [0.1, 0.15) is 0 Å². The molecule has 1 aliphatic carbocycles. The van der Waals surface area contributed by atoms with E-state index in [0.717, 1.165) is 30.0 Å². The largest absolute Gasteiger partial charge is 0.311 e. The van der Waals surface area contributed by atoms with Crippen molar-refractivity contribution in [1.29, 1.82) is 0 Å². The molecule has 0 bridgehead atoms. The van der Waals surface area contributed by atoms with E-state index in [9.17, 15) is 0 Å². The van der Waals surface area contributed by atoms with Crippen molar-refractivity contribution in [3.8, 4) is 0 Å². The van der Waals surface area contributed by atoms with E-state index in [1.165, 1.54) is 32.2 Å². The van der Waals surface area contributed by atoms with Gasteiger partial charge in [0.2, 0.25) is 0 Å². The molecule has 2 rings (SSSR count). The van der Waals surface area contributed by atoms with Crippen LogP contribution in [0.1, 0.15) is 46.5 Å². The molecule has 16 heavy (non-hydrogen) atoms. The van der Waals surface area contributed by atoms with Crippen LogP contribution in [0.15, 0.2) is 0 Å². The number of nitrogens with zero attached hydrogens (tertiary/aromatic N) is 1. The monoisotopic (exact) mass is 224 g/mol. The molecular formula is C14H28N2. The first kappa shape index (κ1) is 12.4. The third-order valence-electron chi connectivity index (χ3n) is 5.12. The zero-order chi connectivity index (χ0) is 11.7. The normalized spacial score (nSPS) is 46.1. The van der Waals surface area contributed by atoms with Gasteiger partial charge in [-0.2, -0.15) is 0 Å². The molecule has 5 atom stereocenters. The molecule has 2 nitrogen and oxygen atoms in total. The second-order valence-corrected chi connectivity index (χ2v) is 6.24. The smallest absolute Gasteiger partial charge is 0.00979 e. The van der Waals surface area contributed by atoms with Crippen LogP contribution >= 0.6 is 0 Å². The van der Waals surface area contributed by atoms with E-state index in [2.05, 4.69) is 38.0 Å². The molecular weight excluding hydrogens is 196 g/mol. The molecule has 1 N–H and O–H groups in total. The zero-order valence-electron chi connectivity index (χ0n) is 11.4. The first-order valence-electron chi connectivity index (χ1n) is 7.04. The van der Waals surface area contributed by atoms with Crippen molar-refractivity contribution in [2.24, 2.45) is 11.8 Å². The summed E-state index contributed by atoms with van der Waals surface area (Å²) in [5, 5.41) is 3.92. The van der Waals surface area contributed by atoms with E-state index < -0.39 is 0 Å². The maximum Gasteiger partial charge on any atom is 0.00979 e. The Morgan fingerprint density at radius 3 is 2.38 bits per heavy atom. The Kier molecular flexibility index (Phi) is 3.91. The molecule has 0 aromatic heterocycles. The topological polar surface area (TPSA) is 15.3 Å². The number of hydrogen-bond donors (Lipinski definition) is 1. The highest BCUT2D eigenvalue weighted by Gasteiger charge is 2.32. The predicted octanol–water partition coefficient (Wildman–Crippen LogP) is 2.49. The molecule has 0 aromatic rings. The summed E-state index contributed by atoms with van der Waals surface area (Å²) >= 11 is 0. The number of likely N-dealkylation sites (tertiary alicyclic amines) is 1. The fourth-order valence-electron chi connectivity index (χ4n) is 3.34. The summed E-state index contributed by atoms with van der Waals surface area (Å²) in [5.74, 6) is 1.79. The van der Waals surface area contributed by atoms with Gasteiger partial charge in [-0.15, -0.1) is 0 Å². The van der Waals surface area contributed by atoms with Gasteiger partial charge >= 0.3 is 0 Å². The van der Waals surface area contributed by atoms with Gasteiger partial charge in [-0.05, 0) is 58.0 Å². The maximum atomic E-state index is 3.92. The molecule has 2 heteroatoms. The van der Waals surface area contributed by atoms with Crippen LogP contribution in [0.25, 0.3) is 0 Å².